The van der Waals surface area contributed by atoms with Gasteiger partial charge in [0.2, 0.25) is 5.95 Å². The van der Waals surface area contributed by atoms with Gasteiger partial charge in [0, 0.05) is 11.9 Å². The number of nitrogens with zero attached hydrogens (tertiary/aromatic N) is 2. The lowest BCUT2D eigenvalue weighted by Crippen LogP contribution is -2.01. The first-order chi connectivity index (χ1) is 8.60. The topological polar surface area (TPSA) is 63.8 Å². The number of hydrogen-bond donors (Lipinski definition) is 2. The number of hydrogen-bond acceptors (Lipinski definition) is 4. The monoisotopic (exact) mass is 306 g/mol. The minimum atomic E-state index is 0.252. The molecule has 0 atom stereocenters. The van der Waals surface area contributed by atoms with Crippen molar-refractivity contribution in [2.75, 3.05) is 11.1 Å². The highest BCUT2D eigenvalue weighted by Gasteiger charge is 2.05. The largest absolute Gasteiger partial charge is 0.368 e. The Hall–Kier alpha value is -1.62. The molecule has 0 radical (unpaired) electrons. The summed E-state index contributed by atoms with van der Waals surface area (Å²) in [6.07, 6.45) is 2.67. The zero-order chi connectivity index (χ0) is 13.1. The molecule has 94 valence electrons. The van der Waals surface area contributed by atoms with Gasteiger partial charge in [-0.3, -0.25) is 0 Å². The summed E-state index contributed by atoms with van der Waals surface area (Å²) in [6, 6.07) is 6.26. The molecule has 0 aliphatic heterocycles. The van der Waals surface area contributed by atoms with E-state index in [1.165, 1.54) is 11.1 Å². The zero-order valence-corrected chi connectivity index (χ0v) is 12.0. The Morgan fingerprint density at radius 2 is 2.17 bits per heavy atom. The van der Waals surface area contributed by atoms with Crippen LogP contribution in [-0.2, 0) is 6.42 Å². The van der Waals surface area contributed by atoms with E-state index < -0.39 is 0 Å². The SMILES string of the molecule is CCc1ccc(Nc2nc(N)ncc2Br)cc1C. The van der Waals surface area contributed by atoms with Crippen LogP contribution in [0.15, 0.2) is 28.9 Å². The molecule has 1 aromatic heterocycles. The van der Waals surface area contributed by atoms with Crippen LogP contribution in [0.1, 0.15) is 18.1 Å². The molecule has 0 aliphatic carbocycles. The Labute approximate surface area is 115 Å². The fourth-order valence-corrected chi connectivity index (χ4v) is 2.07. The minimum absolute atomic E-state index is 0.252. The van der Waals surface area contributed by atoms with Crippen LogP contribution in [0.25, 0.3) is 0 Å². The molecule has 18 heavy (non-hydrogen) atoms. The molecule has 0 spiro atoms. The second kappa shape index (κ2) is 5.35. The van der Waals surface area contributed by atoms with Gasteiger partial charge in [0.15, 0.2) is 0 Å². The maximum absolute atomic E-state index is 5.57. The summed E-state index contributed by atoms with van der Waals surface area (Å²) < 4.78 is 0.786. The van der Waals surface area contributed by atoms with Crippen LogP contribution in [0.3, 0.4) is 0 Å². The van der Waals surface area contributed by atoms with Gasteiger partial charge in [0.1, 0.15) is 5.82 Å². The van der Waals surface area contributed by atoms with Crippen LogP contribution in [0, 0.1) is 6.92 Å². The van der Waals surface area contributed by atoms with E-state index in [1.54, 1.807) is 6.20 Å². The van der Waals surface area contributed by atoms with E-state index in [2.05, 4.69) is 57.2 Å². The van der Waals surface area contributed by atoms with E-state index >= 15 is 0 Å². The summed E-state index contributed by atoms with van der Waals surface area (Å²) in [4.78, 5) is 8.05. The average molecular weight is 307 g/mol. The molecule has 0 fully saturated rings. The fraction of sp³-hybridized carbons (Fsp3) is 0.231. The van der Waals surface area contributed by atoms with Crippen LogP contribution in [-0.4, -0.2) is 9.97 Å². The van der Waals surface area contributed by atoms with Gasteiger partial charge in [0.25, 0.3) is 0 Å². The molecule has 3 N–H and O–H groups in total. The van der Waals surface area contributed by atoms with Gasteiger partial charge in [-0.25, -0.2) is 4.98 Å². The molecule has 0 saturated heterocycles. The number of anilines is 3. The van der Waals surface area contributed by atoms with Crippen molar-refractivity contribution >= 4 is 33.4 Å². The van der Waals surface area contributed by atoms with Gasteiger partial charge in [-0.15, -0.1) is 0 Å². The summed E-state index contributed by atoms with van der Waals surface area (Å²) in [5, 5.41) is 3.23. The molecule has 4 nitrogen and oxygen atoms in total. The predicted molar refractivity (Wildman–Crippen MR) is 78.0 cm³/mol. The van der Waals surface area contributed by atoms with Crippen molar-refractivity contribution in [1.82, 2.24) is 9.97 Å². The highest BCUT2D eigenvalue weighted by Crippen LogP contribution is 2.24. The molecule has 0 amide bonds. The van der Waals surface area contributed by atoms with Gasteiger partial charge in [-0.1, -0.05) is 13.0 Å². The van der Waals surface area contributed by atoms with Gasteiger partial charge >= 0.3 is 0 Å². The molecular weight excluding hydrogens is 292 g/mol. The molecule has 5 heteroatoms. The third-order valence-electron chi connectivity index (χ3n) is 2.75. The van der Waals surface area contributed by atoms with Gasteiger partial charge in [-0.05, 0) is 52.5 Å². The number of rotatable bonds is 3. The zero-order valence-electron chi connectivity index (χ0n) is 10.4. The Bertz CT molecular complexity index is 569. The lowest BCUT2D eigenvalue weighted by atomic mass is 10.1. The van der Waals surface area contributed by atoms with Crippen molar-refractivity contribution in [3.05, 3.63) is 40.0 Å². The van der Waals surface area contributed by atoms with E-state index in [1.807, 2.05) is 6.07 Å². The van der Waals surface area contributed by atoms with Gasteiger partial charge < -0.3 is 11.1 Å². The third-order valence-corrected chi connectivity index (χ3v) is 3.33. The first kappa shape index (κ1) is 12.8. The second-order valence-electron chi connectivity index (χ2n) is 4.04. The quantitative estimate of drug-likeness (QED) is 0.912. The van der Waals surface area contributed by atoms with Crippen molar-refractivity contribution in [1.29, 1.82) is 0 Å². The Balaban J connectivity index is 2.28. The molecular formula is C13H15BrN4. The van der Waals surface area contributed by atoms with Crippen LogP contribution in [0.4, 0.5) is 17.5 Å². The number of aryl methyl sites for hydroxylation is 2. The summed E-state index contributed by atoms with van der Waals surface area (Å²) in [5.74, 6) is 0.925. The Morgan fingerprint density at radius 3 is 2.83 bits per heavy atom. The van der Waals surface area contributed by atoms with E-state index in [4.69, 9.17) is 5.73 Å². The number of benzene rings is 1. The molecule has 0 unspecified atom stereocenters. The van der Waals surface area contributed by atoms with Crippen LogP contribution in [0.2, 0.25) is 0 Å². The van der Waals surface area contributed by atoms with Crippen molar-refractivity contribution in [2.45, 2.75) is 20.3 Å². The molecule has 0 bridgehead atoms. The van der Waals surface area contributed by atoms with Crippen molar-refractivity contribution in [3.63, 3.8) is 0 Å². The number of halogens is 1. The third kappa shape index (κ3) is 2.79. The molecule has 2 aromatic rings. The molecule has 2 rings (SSSR count). The fourth-order valence-electron chi connectivity index (χ4n) is 1.78. The van der Waals surface area contributed by atoms with Crippen molar-refractivity contribution in [2.24, 2.45) is 0 Å². The Morgan fingerprint density at radius 1 is 1.39 bits per heavy atom. The van der Waals surface area contributed by atoms with Gasteiger partial charge in [-0.2, -0.15) is 4.98 Å². The molecule has 1 aromatic carbocycles. The van der Waals surface area contributed by atoms with Crippen LogP contribution >= 0.6 is 15.9 Å². The average Bonchev–Trinajstić information content (AvgIpc) is 2.34. The molecule has 0 saturated carbocycles. The maximum atomic E-state index is 5.57. The Kier molecular flexibility index (Phi) is 3.81. The first-order valence-corrected chi connectivity index (χ1v) is 6.54. The predicted octanol–water partition coefficient (Wildman–Crippen LogP) is 3.44. The van der Waals surface area contributed by atoms with Gasteiger partial charge in [0.05, 0.1) is 4.47 Å². The van der Waals surface area contributed by atoms with E-state index in [9.17, 15) is 0 Å². The highest BCUT2D eigenvalue weighted by molar-refractivity contribution is 9.10. The van der Waals surface area contributed by atoms with Crippen LogP contribution < -0.4 is 11.1 Å². The van der Waals surface area contributed by atoms with Crippen molar-refractivity contribution < 1.29 is 0 Å². The lowest BCUT2D eigenvalue weighted by molar-refractivity contribution is 1.11. The number of nitrogens with one attached hydrogen (secondary N) is 1. The number of nitrogens with two attached hydrogens (primary N) is 1. The molecule has 0 aliphatic rings. The smallest absolute Gasteiger partial charge is 0.222 e. The van der Waals surface area contributed by atoms with Crippen molar-refractivity contribution in [3.8, 4) is 0 Å². The summed E-state index contributed by atoms with van der Waals surface area (Å²) in [5.41, 5.74) is 9.18. The second-order valence-corrected chi connectivity index (χ2v) is 4.90. The van der Waals surface area contributed by atoms with E-state index in [-0.39, 0.29) is 5.95 Å². The summed E-state index contributed by atoms with van der Waals surface area (Å²) >= 11 is 3.39. The van der Waals surface area contributed by atoms with E-state index in [0.29, 0.717) is 5.82 Å². The number of nitrogen functional groups attached to an aromatic ring is 1. The first-order valence-electron chi connectivity index (χ1n) is 5.74. The molecule has 1 heterocycles. The standard InChI is InChI=1S/C13H15BrN4/c1-3-9-4-5-10(6-8(9)2)17-12-11(14)7-16-13(15)18-12/h4-7H,3H2,1-2H3,(H3,15,16,17,18). The van der Waals surface area contributed by atoms with E-state index in [0.717, 1.165) is 16.6 Å². The van der Waals surface area contributed by atoms with Crippen LogP contribution in [0.5, 0.6) is 0 Å². The normalized spacial score (nSPS) is 10.4. The minimum Gasteiger partial charge on any atom is -0.368 e. The highest BCUT2D eigenvalue weighted by atomic mass is 79.9. The summed E-state index contributed by atoms with van der Waals surface area (Å²) in [7, 11) is 0. The number of aromatic nitrogens is 2. The summed E-state index contributed by atoms with van der Waals surface area (Å²) in [6.45, 7) is 4.25. The maximum Gasteiger partial charge on any atom is 0.222 e. The lowest BCUT2D eigenvalue weighted by Gasteiger charge is -2.10.